The maximum Gasteiger partial charge on any atom is 0.150 e. The minimum Gasteiger partial charge on any atom is -0.270 e. The van der Waals surface area contributed by atoms with Gasteiger partial charge in [-0.05, 0) is 26.0 Å². The molecule has 7 heteroatoms. The minimum atomic E-state index is -0.654. The molecule has 0 amide bonds. The monoisotopic (exact) mass is 283 g/mol. The predicted molar refractivity (Wildman–Crippen MR) is 71.0 cm³/mol. The highest BCUT2D eigenvalue weighted by molar-refractivity contribution is 6.31. The van der Waals surface area contributed by atoms with Crippen molar-refractivity contribution in [3.8, 4) is 0 Å². The first kappa shape index (κ1) is 13.9. The van der Waals surface area contributed by atoms with E-state index in [1.165, 1.54) is 12.4 Å². The Hall–Kier alpha value is -1.50. The van der Waals surface area contributed by atoms with E-state index < -0.39 is 11.9 Å². The summed E-state index contributed by atoms with van der Waals surface area (Å²) >= 11 is 6.06. The Morgan fingerprint density at radius 3 is 2.74 bits per heavy atom. The normalized spacial score (nSPS) is 12.9. The van der Waals surface area contributed by atoms with Gasteiger partial charge in [-0.2, -0.15) is 5.10 Å². The fourth-order valence-electron chi connectivity index (χ4n) is 1.94. The van der Waals surface area contributed by atoms with Crippen molar-refractivity contribution in [1.29, 1.82) is 0 Å². The number of benzene rings is 1. The van der Waals surface area contributed by atoms with Crippen molar-refractivity contribution in [2.24, 2.45) is 5.84 Å². The summed E-state index contributed by atoms with van der Waals surface area (Å²) in [6.07, 6.45) is 1.41. The van der Waals surface area contributed by atoms with Crippen LogP contribution in [0.25, 0.3) is 0 Å². The number of aromatic nitrogens is 3. The molecule has 2 rings (SSSR count). The third-order valence-electron chi connectivity index (χ3n) is 2.80. The van der Waals surface area contributed by atoms with E-state index in [0.29, 0.717) is 10.8 Å². The van der Waals surface area contributed by atoms with Gasteiger partial charge >= 0.3 is 0 Å². The molecule has 1 atom stereocenters. The van der Waals surface area contributed by atoms with Gasteiger partial charge in [0.1, 0.15) is 24.0 Å². The zero-order chi connectivity index (χ0) is 14.0. The van der Waals surface area contributed by atoms with Crippen LogP contribution < -0.4 is 11.3 Å². The summed E-state index contributed by atoms with van der Waals surface area (Å²) in [6, 6.07) is 3.92. The summed E-state index contributed by atoms with van der Waals surface area (Å²) in [5.41, 5.74) is 2.82. The maximum absolute atomic E-state index is 14.0. The van der Waals surface area contributed by atoms with E-state index in [1.807, 2.05) is 13.8 Å². The Labute approximate surface area is 115 Å². The summed E-state index contributed by atoms with van der Waals surface area (Å²) < 4.78 is 15.6. The van der Waals surface area contributed by atoms with Gasteiger partial charge in [-0.15, -0.1) is 0 Å². The lowest BCUT2D eigenvalue weighted by Crippen LogP contribution is -2.32. The molecule has 0 fully saturated rings. The van der Waals surface area contributed by atoms with Crippen molar-refractivity contribution in [3.63, 3.8) is 0 Å². The van der Waals surface area contributed by atoms with E-state index in [4.69, 9.17) is 17.4 Å². The molecule has 0 spiro atoms. The number of nitrogens with zero attached hydrogens (tertiary/aromatic N) is 3. The standard InChI is InChI=1S/C12H15ClFN5/c1-7(2)19-12(16-6-17-19)11(18-15)10-8(13)4-3-5-9(10)14/h3-7,11,18H,15H2,1-2H3. The fraction of sp³-hybridized carbons (Fsp3) is 0.333. The second-order valence-electron chi connectivity index (χ2n) is 4.39. The Bertz CT molecular complexity index is 549. The van der Waals surface area contributed by atoms with E-state index in [2.05, 4.69) is 15.5 Å². The lowest BCUT2D eigenvalue weighted by atomic mass is 10.1. The van der Waals surface area contributed by atoms with Gasteiger partial charge in [0.2, 0.25) is 0 Å². The van der Waals surface area contributed by atoms with Gasteiger partial charge in [0, 0.05) is 16.6 Å². The molecule has 1 aromatic heterocycles. The molecule has 19 heavy (non-hydrogen) atoms. The first-order chi connectivity index (χ1) is 9.06. The molecule has 2 aromatic rings. The van der Waals surface area contributed by atoms with Crippen molar-refractivity contribution >= 4 is 11.6 Å². The Morgan fingerprint density at radius 1 is 1.42 bits per heavy atom. The third kappa shape index (κ3) is 2.60. The average Bonchev–Trinajstić information content (AvgIpc) is 2.83. The molecule has 0 aliphatic heterocycles. The number of halogens is 2. The van der Waals surface area contributed by atoms with Crippen LogP contribution in [0.5, 0.6) is 0 Å². The van der Waals surface area contributed by atoms with Crippen LogP contribution in [-0.4, -0.2) is 14.8 Å². The molecule has 0 radical (unpaired) electrons. The second kappa shape index (κ2) is 5.64. The predicted octanol–water partition coefficient (Wildman–Crippen LogP) is 2.20. The van der Waals surface area contributed by atoms with E-state index in [-0.39, 0.29) is 11.6 Å². The van der Waals surface area contributed by atoms with Crippen LogP contribution in [0.15, 0.2) is 24.5 Å². The highest BCUT2D eigenvalue weighted by Gasteiger charge is 2.25. The van der Waals surface area contributed by atoms with Crippen LogP contribution in [0.1, 0.15) is 37.3 Å². The van der Waals surface area contributed by atoms with Gasteiger partial charge in [0.05, 0.1) is 0 Å². The average molecular weight is 284 g/mol. The van der Waals surface area contributed by atoms with E-state index in [9.17, 15) is 4.39 Å². The Balaban J connectivity index is 2.54. The van der Waals surface area contributed by atoms with E-state index in [0.717, 1.165) is 0 Å². The number of rotatable bonds is 4. The summed E-state index contributed by atoms with van der Waals surface area (Å²) in [5, 5.41) is 4.41. The molecule has 5 nitrogen and oxygen atoms in total. The molecule has 0 bridgehead atoms. The highest BCUT2D eigenvalue weighted by atomic mass is 35.5. The first-order valence-corrected chi connectivity index (χ1v) is 6.23. The number of hydrogen-bond acceptors (Lipinski definition) is 4. The van der Waals surface area contributed by atoms with Gasteiger partial charge < -0.3 is 0 Å². The molecule has 0 saturated heterocycles. The van der Waals surface area contributed by atoms with Crippen molar-refractivity contribution in [1.82, 2.24) is 20.2 Å². The largest absolute Gasteiger partial charge is 0.270 e. The van der Waals surface area contributed by atoms with Crippen molar-refractivity contribution in [2.75, 3.05) is 0 Å². The van der Waals surface area contributed by atoms with Gasteiger partial charge in [0.15, 0.2) is 0 Å². The quantitative estimate of drug-likeness (QED) is 0.667. The zero-order valence-electron chi connectivity index (χ0n) is 10.6. The first-order valence-electron chi connectivity index (χ1n) is 5.85. The number of hydrazine groups is 1. The van der Waals surface area contributed by atoms with Crippen LogP contribution >= 0.6 is 11.6 Å². The summed E-state index contributed by atoms with van der Waals surface area (Å²) in [5.74, 6) is 5.63. The molecule has 0 aliphatic carbocycles. The molecule has 1 aromatic carbocycles. The molecular formula is C12H15ClFN5. The van der Waals surface area contributed by atoms with Gasteiger partial charge in [-0.1, -0.05) is 17.7 Å². The molecule has 1 unspecified atom stereocenters. The van der Waals surface area contributed by atoms with Gasteiger partial charge in [0.25, 0.3) is 0 Å². The zero-order valence-corrected chi connectivity index (χ0v) is 11.4. The lowest BCUT2D eigenvalue weighted by Gasteiger charge is -2.20. The summed E-state index contributed by atoms with van der Waals surface area (Å²) in [6.45, 7) is 3.91. The Kier molecular flexibility index (Phi) is 4.14. The highest BCUT2D eigenvalue weighted by Crippen LogP contribution is 2.29. The molecule has 102 valence electrons. The number of nitrogens with one attached hydrogen (secondary N) is 1. The van der Waals surface area contributed by atoms with Crippen molar-refractivity contribution in [2.45, 2.75) is 25.9 Å². The SMILES string of the molecule is CC(C)n1ncnc1C(NN)c1c(F)cccc1Cl. The molecule has 3 N–H and O–H groups in total. The Morgan fingerprint density at radius 2 is 2.16 bits per heavy atom. The number of hydrogen-bond donors (Lipinski definition) is 2. The summed E-state index contributed by atoms with van der Waals surface area (Å²) in [4.78, 5) is 4.15. The fourth-order valence-corrected chi connectivity index (χ4v) is 2.21. The topological polar surface area (TPSA) is 68.8 Å². The van der Waals surface area contributed by atoms with E-state index in [1.54, 1.807) is 16.8 Å². The summed E-state index contributed by atoms with van der Waals surface area (Å²) in [7, 11) is 0. The molecule has 0 aliphatic rings. The van der Waals surface area contributed by atoms with Crippen LogP contribution in [-0.2, 0) is 0 Å². The van der Waals surface area contributed by atoms with Gasteiger partial charge in [-0.3, -0.25) is 5.84 Å². The lowest BCUT2D eigenvalue weighted by molar-refractivity contribution is 0.460. The minimum absolute atomic E-state index is 0.0823. The smallest absolute Gasteiger partial charge is 0.150 e. The van der Waals surface area contributed by atoms with Crippen LogP contribution in [0.4, 0.5) is 4.39 Å². The van der Waals surface area contributed by atoms with E-state index >= 15 is 0 Å². The van der Waals surface area contributed by atoms with Crippen LogP contribution in [0, 0.1) is 5.82 Å². The van der Waals surface area contributed by atoms with Crippen LogP contribution in [0.2, 0.25) is 5.02 Å². The maximum atomic E-state index is 14.0. The number of nitrogens with two attached hydrogens (primary N) is 1. The van der Waals surface area contributed by atoms with Crippen molar-refractivity contribution in [3.05, 3.63) is 46.8 Å². The van der Waals surface area contributed by atoms with Crippen molar-refractivity contribution < 1.29 is 4.39 Å². The van der Waals surface area contributed by atoms with Crippen LogP contribution in [0.3, 0.4) is 0 Å². The third-order valence-corrected chi connectivity index (χ3v) is 3.13. The molecular weight excluding hydrogens is 269 g/mol. The second-order valence-corrected chi connectivity index (χ2v) is 4.80. The molecule has 1 heterocycles. The molecule has 0 saturated carbocycles. The van der Waals surface area contributed by atoms with Gasteiger partial charge in [-0.25, -0.2) is 19.5 Å².